The Labute approximate surface area is 168 Å². The molecular weight excluding hydrogens is 402 g/mol. The normalized spacial score (nSPS) is 16.0. The average molecular weight is 424 g/mol. The Bertz CT molecular complexity index is 957. The zero-order valence-electron chi connectivity index (χ0n) is 15.8. The van der Waals surface area contributed by atoms with Gasteiger partial charge in [-0.15, -0.1) is 0 Å². The van der Waals surface area contributed by atoms with E-state index in [1.807, 2.05) is 0 Å². The molecule has 0 radical (unpaired) electrons. The first-order valence-corrected chi connectivity index (χ1v) is 10.7. The molecule has 29 heavy (non-hydrogen) atoms. The number of anilines is 1. The van der Waals surface area contributed by atoms with E-state index in [0.29, 0.717) is 19.0 Å². The van der Waals surface area contributed by atoms with Crippen LogP contribution in [-0.4, -0.2) is 38.3 Å². The second kappa shape index (κ2) is 8.87. The third kappa shape index (κ3) is 5.10. The summed E-state index contributed by atoms with van der Waals surface area (Å²) in [7, 11) is -3.61. The van der Waals surface area contributed by atoms with Gasteiger partial charge in [0.15, 0.2) is 0 Å². The molecule has 0 spiro atoms. The summed E-state index contributed by atoms with van der Waals surface area (Å²) in [4.78, 5) is 12.6. The van der Waals surface area contributed by atoms with Crippen molar-refractivity contribution < 1.29 is 26.7 Å². The largest absolute Gasteiger partial charge is 0.433 e. The molecule has 0 aromatic heterocycles. The number of nitrogens with zero attached hydrogens (tertiary/aromatic N) is 1. The second-order valence-corrected chi connectivity index (χ2v) is 8.88. The van der Waals surface area contributed by atoms with Crippen LogP contribution in [0.1, 0.15) is 30.1 Å². The molecule has 1 aliphatic rings. The highest BCUT2D eigenvalue weighted by Gasteiger charge is 2.28. The van der Waals surface area contributed by atoms with Gasteiger partial charge in [-0.05, 0) is 55.2 Å². The van der Waals surface area contributed by atoms with Gasteiger partial charge in [-0.2, -0.15) is 13.1 Å². The average Bonchev–Trinajstić information content (AvgIpc) is 2.69. The lowest BCUT2D eigenvalue weighted by atomic mass is 10.0. The van der Waals surface area contributed by atoms with Gasteiger partial charge in [-0.25, -0.2) is 8.42 Å². The van der Waals surface area contributed by atoms with Gasteiger partial charge in [-0.1, -0.05) is 19.1 Å². The summed E-state index contributed by atoms with van der Waals surface area (Å²) in [6, 6.07) is 11.4. The fourth-order valence-corrected chi connectivity index (χ4v) is 4.59. The highest BCUT2D eigenvalue weighted by molar-refractivity contribution is 7.89. The quantitative estimate of drug-likeness (QED) is 0.762. The van der Waals surface area contributed by atoms with E-state index in [2.05, 4.69) is 17.0 Å². The Kier molecular flexibility index (Phi) is 6.49. The number of nitrogens with one attached hydrogen (secondary N) is 1. The minimum atomic E-state index is -3.61. The molecule has 2 aromatic carbocycles. The van der Waals surface area contributed by atoms with Crippen molar-refractivity contribution in [1.82, 2.24) is 4.31 Å². The van der Waals surface area contributed by atoms with E-state index < -0.39 is 22.5 Å². The third-order valence-electron chi connectivity index (χ3n) is 4.85. The molecule has 2 aromatic rings. The fraction of sp³-hybridized carbons (Fsp3) is 0.350. The predicted octanol–water partition coefficient (Wildman–Crippen LogP) is 3.96. The van der Waals surface area contributed by atoms with E-state index in [9.17, 15) is 22.0 Å². The summed E-state index contributed by atoms with van der Waals surface area (Å²) in [5.41, 5.74) is 0.292. The van der Waals surface area contributed by atoms with E-state index in [0.717, 1.165) is 12.8 Å². The number of hydrogen-bond donors (Lipinski definition) is 1. The lowest BCUT2D eigenvalue weighted by Crippen LogP contribution is -2.37. The molecule has 0 aliphatic carbocycles. The van der Waals surface area contributed by atoms with Crippen molar-refractivity contribution >= 4 is 21.6 Å². The molecule has 0 unspecified atom stereocenters. The number of halogens is 2. The molecule has 9 heteroatoms. The number of carbonyl (C=O) groups excluding carboxylic acids is 1. The minimum absolute atomic E-state index is 0.0944. The maximum Gasteiger partial charge on any atom is 0.387 e. The molecular formula is C20H22F2N2O4S. The van der Waals surface area contributed by atoms with E-state index in [1.165, 1.54) is 46.8 Å². The van der Waals surface area contributed by atoms with Crippen LogP contribution in [0.15, 0.2) is 53.4 Å². The van der Waals surface area contributed by atoms with Crippen LogP contribution in [0, 0.1) is 5.92 Å². The first-order chi connectivity index (χ1) is 13.8. The molecule has 0 bridgehead atoms. The highest BCUT2D eigenvalue weighted by atomic mass is 32.2. The van der Waals surface area contributed by atoms with Crippen molar-refractivity contribution in [2.24, 2.45) is 5.92 Å². The van der Waals surface area contributed by atoms with Crippen LogP contribution < -0.4 is 10.1 Å². The van der Waals surface area contributed by atoms with Crippen molar-refractivity contribution in [2.75, 3.05) is 18.4 Å². The Balaban J connectivity index is 1.73. The third-order valence-corrected chi connectivity index (χ3v) is 6.76. The Morgan fingerprint density at radius 2 is 1.72 bits per heavy atom. The number of carbonyl (C=O) groups is 1. The Morgan fingerprint density at radius 1 is 1.10 bits per heavy atom. The highest BCUT2D eigenvalue weighted by Crippen LogP contribution is 2.27. The van der Waals surface area contributed by atoms with Gasteiger partial charge in [0.25, 0.3) is 5.91 Å². The molecule has 0 atom stereocenters. The van der Waals surface area contributed by atoms with Crippen molar-refractivity contribution in [3.8, 4) is 5.75 Å². The van der Waals surface area contributed by atoms with Crippen molar-refractivity contribution in [3.63, 3.8) is 0 Å². The second-order valence-electron chi connectivity index (χ2n) is 6.94. The van der Waals surface area contributed by atoms with E-state index >= 15 is 0 Å². The predicted molar refractivity (Wildman–Crippen MR) is 105 cm³/mol. The Hall–Kier alpha value is -2.52. The maximum atomic E-state index is 12.8. The molecule has 1 amide bonds. The van der Waals surface area contributed by atoms with Crippen molar-refractivity contribution in [1.29, 1.82) is 0 Å². The molecule has 1 saturated heterocycles. The zero-order chi connectivity index (χ0) is 21.0. The first kappa shape index (κ1) is 21.2. The van der Waals surface area contributed by atoms with E-state index in [1.54, 1.807) is 6.07 Å². The smallest absolute Gasteiger partial charge is 0.387 e. The van der Waals surface area contributed by atoms with Gasteiger partial charge in [0.05, 0.1) is 10.6 Å². The van der Waals surface area contributed by atoms with Crippen LogP contribution in [0.2, 0.25) is 0 Å². The standard InChI is InChI=1S/C20H22F2N2O4S/c1-14-10-12-24(13-11-14)29(26,27)16-8-6-15(7-9-16)19(25)23-17-4-2-3-5-18(17)28-20(21)22/h2-9,14,20H,10-13H2,1H3,(H,23,25). The molecule has 1 N–H and O–H groups in total. The van der Waals surface area contributed by atoms with Gasteiger partial charge >= 0.3 is 6.61 Å². The van der Waals surface area contributed by atoms with Crippen LogP contribution >= 0.6 is 0 Å². The van der Waals surface area contributed by atoms with Crippen LogP contribution in [-0.2, 0) is 10.0 Å². The summed E-state index contributed by atoms with van der Waals surface area (Å²) in [5.74, 6) is -0.218. The van der Waals surface area contributed by atoms with Gasteiger partial charge in [0.1, 0.15) is 5.75 Å². The molecule has 1 heterocycles. The SMILES string of the molecule is CC1CCN(S(=O)(=O)c2ccc(C(=O)Nc3ccccc3OC(F)F)cc2)CC1. The van der Waals surface area contributed by atoms with Crippen molar-refractivity contribution in [3.05, 3.63) is 54.1 Å². The van der Waals surface area contributed by atoms with Crippen LogP contribution in [0.4, 0.5) is 14.5 Å². The number of rotatable bonds is 6. The zero-order valence-corrected chi connectivity index (χ0v) is 16.7. The summed E-state index contributed by atoms with van der Waals surface area (Å²) in [5, 5.41) is 2.50. The summed E-state index contributed by atoms with van der Waals surface area (Å²) in [6.45, 7) is 0.0385. The molecule has 0 saturated carbocycles. The van der Waals surface area contributed by atoms with E-state index in [4.69, 9.17) is 0 Å². The number of ether oxygens (including phenoxy) is 1. The summed E-state index contributed by atoms with van der Waals surface area (Å²) in [6.07, 6.45) is 1.64. The van der Waals surface area contributed by atoms with Crippen molar-refractivity contribution in [2.45, 2.75) is 31.3 Å². The molecule has 1 aliphatic heterocycles. The number of amides is 1. The minimum Gasteiger partial charge on any atom is -0.433 e. The van der Waals surface area contributed by atoms with Crippen LogP contribution in [0.5, 0.6) is 5.75 Å². The van der Waals surface area contributed by atoms with Gasteiger partial charge in [0, 0.05) is 18.7 Å². The lowest BCUT2D eigenvalue weighted by Gasteiger charge is -2.29. The van der Waals surface area contributed by atoms with Crippen LogP contribution in [0.3, 0.4) is 0 Å². The van der Waals surface area contributed by atoms with Gasteiger partial charge in [-0.3, -0.25) is 4.79 Å². The number of sulfonamides is 1. The maximum absolute atomic E-state index is 12.8. The number of benzene rings is 2. The van der Waals surface area contributed by atoms with E-state index in [-0.39, 0.29) is 21.9 Å². The topological polar surface area (TPSA) is 75.7 Å². The number of hydrogen-bond acceptors (Lipinski definition) is 4. The van der Waals surface area contributed by atoms with Crippen LogP contribution in [0.25, 0.3) is 0 Å². The fourth-order valence-electron chi connectivity index (χ4n) is 3.12. The number of para-hydroxylation sites is 2. The number of piperidine rings is 1. The molecule has 1 fully saturated rings. The Morgan fingerprint density at radius 3 is 2.34 bits per heavy atom. The monoisotopic (exact) mass is 424 g/mol. The van der Waals surface area contributed by atoms with Gasteiger partial charge < -0.3 is 10.1 Å². The molecule has 6 nitrogen and oxygen atoms in total. The molecule has 156 valence electrons. The molecule has 3 rings (SSSR count). The number of alkyl halides is 2. The summed E-state index contributed by atoms with van der Waals surface area (Å²) >= 11 is 0. The summed E-state index contributed by atoms with van der Waals surface area (Å²) < 4.78 is 56.3. The van der Waals surface area contributed by atoms with Gasteiger partial charge in [0.2, 0.25) is 10.0 Å². The lowest BCUT2D eigenvalue weighted by molar-refractivity contribution is -0.0493. The first-order valence-electron chi connectivity index (χ1n) is 9.23.